The molecule has 0 aliphatic carbocycles. The molecule has 1 aliphatic heterocycles. The summed E-state index contributed by atoms with van der Waals surface area (Å²) in [5.74, 6) is -0.253. The fourth-order valence-corrected chi connectivity index (χ4v) is 2.66. The van der Waals surface area contributed by atoms with Gasteiger partial charge in [-0.05, 0) is 18.2 Å². The van der Waals surface area contributed by atoms with Crippen LogP contribution in [0.4, 0.5) is 0 Å². The molecule has 1 aromatic carbocycles. The van der Waals surface area contributed by atoms with Crippen molar-refractivity contribution in [3.8, 4) is 0 Å². The third kappa shape index (κ3) is 2.89. The van der Waals surface area contributed by atoms with E-state index in [2.05, 4.69) is 9.97 Å². The molecule has 2 heterocycles. The van der Waals surface area contributed by atoms with Gasteiger partial charge in [-0.3, -0.25) is 9.59 Å². The lowest BCUT2D eigenvalue weighted by Crippen LogP contribution is -2.41. The molecule has 0 radical (unpaired) electrons. The number of H-pyrrole nitrogens is 1. The zero-order chi connectivity index (χ0) is 14.8. The van der Waals surface area contributed by atoms with Crippen molar-refractivity contribution in [2.24, 2.45) is 0 Å². The quantitative estimate of drug-likeness (QED) is 0.854. The van der Waals surface area contributed by atoms with E-state index in [0.29, 0.717) is 31.5 Å². The van der Waals surface area contributed by atoms with Gasteiger partial charge in [-0.15, -0.1) is 0 Å². The number of piperidine rings is 1. The minimum absolute atomic E-state index is 0.00720. The lowest BCUT2D eigenvalue weighted by molar-refractivity contribution is -0.148. The highest BCUT2D eigenvalue weighted by Gasteiger charge is 2.25. The molecule has 0 saturated carbocycles. The number of carbonyl (C=O) groups excluding carboxylic acids is 2. The van der Waals surface area contributed by atoms with E-state index in [-0.39, 0.29) is 18.0 Å². The molecule has 0 bridgehead atoms. The standard InChI is InChI=1S/C15H17N3O3/c1-10(19)21-12-4-6-18(7-5-12)15(20)11-2-3-13-14(8-11)17-9-16-13/h2-3,8-9,12H,4-7H2,1H3,(H,16,17). The molecule has 1 aromatic heterocycles. The van der Waals surface area contributed by atoms with Crippen molar-refractivity contribution in [2.45, 2.75) is 25.9 Å². The van der Waals surface area contributed by atoms with E-state index in [0.717, 1.165) is 11.0 Å². The first-order valence-corrected chi connectivity index (χ1v) is 7.03. The minimum atomic E-state index is -0.260. The number of nitrogens with zero attached hydrogens (tertiary/aromatic N) is 2. The molecule has 1 amide bonds. The smallest absolute Gasteiger partial charge is 0.302 e. The highest BCUT2D eigenvalue weighted by Crippen LogP contribution is 2.18. The topological polar surface area (TPSA) is 75.3 Å². The van der Waals surface area contributed by atoms with Gasteiger partial charge in [0.1, 0.15) is 6.10 Å². The highest BCUT2D eigenvalue weighted by atomic mass is 16.5. The Labute approximate surface area is 122 Å². The number of hydrogen-bond donors (Lipinski definition) is 1. The number of benzene rings is 1. The van der Waals surface area contributed by atoms with E-state index >= 15 is 0 Å². The number of esters is 1. The summed E-state index contributed by atoms with van der Waals surface area (Å²) in [5.41, 5.74) is 2.36. The zero-order valence-electron chi connectivity index (χ0n) is 11.8. The molecule has 6 nitrogen and oxygen atoms in total. The number of aromatic nitrogens is 2. The number of imidazole rings is 1. The number of carbonyl (C=O) groups is 2. The molecular weight excluding hydrogens is 270 g/mol. The first kappa shape index (κ1) is 13.6. The summed E-state index contributed by atoms with van der Waals surface area (Å²) in [6.07, 6.45) is 2.93. The summed E-state index contributed by atoms with van der Waals surface area (Å²) in [5, 5.41) is 0. The summed E-state index contributed by atoms with van der Waals surface area (Å²) in [4.78, 5) is 32.4. The summed E-state index contributed by atoms with van der Waals surface area (Å²) < 4.78 is 5.18. The summed E-state index contributed by atoms with van der Waals surface area (Å²) in [6.45, 7) is 2.63. The number of aromatic amines is 1. The van der Waals surface area contributed by atoms with E-state index in [1.807, 2.05) is 12.1 Å². The van der Waals surface area contributed by atoms with Gasteiger partial charge >= 0.3 is 5.97 Å². The highest BCUT2D eigenvalue weighted by molar-refractivity contribution is 5.97. The number of hydrogen-bond acceptors (Lipinski definition) is 4. The fraction of sp³-hybridized carbons (Fsp3) is 0.400. The second-order valence-corrected chi connectivity index (χ2v) is 5.24. The first-order valence-electron chi connectivity index (χ1n) is 7.03. The van der Waals surface area contributed by atoms with E-state index in [9.17, 15) is 9.59 Å². The van der Waals surface area contributed by atoms with Crippen LogP contribution in [0.2, 0.25) is 0 Å². The Hall–Kier alpha value is -2.37. The van der Waals surface area contributed by atoms with Crippen LogP contribution in [0.5, 0.6) is 0 Å². The molecule has 21 heavy (non-hydrogen) atoms. The Balaban J connectivity index is 1.67. The van der Waals surface area contributed by atoms with Gasteiger partial charge in [0.15, 0.2) is 0 Å². The average Bonchev–Trinajstić information content (AvgIpc) is 2.94. The van der Waals surface area contributed by atoms with Crippen LogP contribution in [0.1, 0.15) is 30.1 Å². The van der Waals surface area contributed by atoms with Gasteiger partial charge in [-0.2, -0.15) is 0 Å². The van der Waals surface area contributed by atoms with Gasteiger partial charge in [0.2, 0.25) is 0 Å². The normalized spacial score (nSPS) is 16.1. The molecular formula is C15H17N3O3. The molecule has 0 atom stereocenters. The van der Waals surface area contributed by atoms with Gasteiger partial charge in [0.25, 0.3) is 5.91 Å². The Bertz CT molecular complexity index is 672. The van der Waals surface area contributed by atoms with Crippen LogP contribution in [0.3, 0.4) is 0 Å². The third-order valence-electron chi connectivity index (χ3n) is 3.73. The summed E-state index contributed by atoms with van der Waals surface area (Å²) in [7, 11) is 0. The molecule has 1 aliphatic rings. The van der Waals surface area contributed by atoms with E-state index in [1.165, 1.54) is 6.92 Å². The van der Waals surface area contributed by atoms with Crippen molar-refractivity contribution < 1.29 is 14.3 Å². The van der Waals surface area contributed by atoms with Crippen molar-refractivity contribution >= 4 is 22.9 Å². The minimum Gasteiger partial charge on any atom is -0.462 e. The predicted molar refractivity (Wildman–Crippen MR) is 76.8 cm³/mol. The van der Waals surface area contributed by atoms with Crippen molar-refractivity contribution in [2.75, 3.05) is 13.1 Å². The van der Waals surface area contributed by atoms with Gasteiger partial charge in [0.05, 0.1) is 17.4 Å². The number of rotatable bonds is 2. The molecule has 2 aromatic rings. The summed E-state index contributed by atoms with van der Waals surface area (Å²) >= 11 is 0. The Morgan fingerprint density at radius 1 is 1.33 bits per heavy atom. The van der Waals surface area contributed by atoms with Crippen molar-refractivity contribution in [1.82, 2.24) is 14.9 Å². The van der Waals surface area contributed by atoms with Crippen LogP contribution in [0, 0.1) is 0 Å². The van der Waals surface area contributed by atoms with Gasteiger partial charge in [-0.1, -0.05) is 0 Å². The SMILES string of the molecule is CC(=O)OC1CCN(C(=O)c2ccc3nc[nH]c3c2)CC1. The first-order chi connectivity index (χ1) is 10.1. The van der Waals surface area contributed by atoms with Gasteiger partial charge < -0.3 is 14.6 Å². The van der Waals surface area contributed by atoms with Crippen LogP contribution in [-0.4, -0.2) is 45.9 Å². The average molecular weight is 287 g/mol. The maximum absolute atomic E-state index is 12.5. The molecule has 3 rings (SSSR count). The predicted octanol–water partition coefficient (Wildman–Crippen LogP) is 1.73. The molecule has 6 heteroatoms. The van der Waals surface area contributed by atoms with Gasteiger partial charge in [-0.25, -0.2) is 4.98 Å². The molecule has 0 spiro atoms. The summed E-state index contributed by atoms with van der Waals surface area (Å²) in [6, 6.07) is 5.46. The zero-order valence-corrected chi connectivity index (χ0v) is 11.8. The number of amides is 1. The fourth-order valence-electron chi connectivity index (χ4n) is 2.66. The third-order valence-corrected chi connectivity index (χ3v) is 3.73. The molecule has 0 unspecified atom stereocenters. The molecule has 1 N–H and O–H groups in total. The van der Waals surface area contributed by atoms with Crippen LogP contribution in [0.15, 0.2) is 24.5 Å². The second kappa shape index (κ2) is 5.55. The molecule has 1 saturated heterocycles. The lowest BCUT2D eigenvalue weighted by Gasteiger charge is -2.31. The lowest BCUT2D eigenvalue weighted by atomic mass is 10.1. The largest absolute Gasteiger partial charge is 0.462 e. The molecule has 110 valence electrons. The van der Waals surface area contributed by atoms with E-state index in [4.69, 9.17) is 4.74 Å². The molecule has 1 fully saturated rings. The van der Waals surface area contributed by atoms with E-state index in [1.54, 1.807) is 17.3 Å². The maximum Gasteiger partial charge on any atom is 0.302 e. The number of nitrogens with one attached hydrogen (secondary N) is 1. The monoisotopic (exact) mass is 287 g/mol. The number of ether oxygens (including phenoxy) is 1. The Morgan fingerprint density at radius 3 is 2.81 bits per heavy atom. The van der Waals surface area contributed by atoms with Crippen LogP contribution >= 0.6 is 0 Å². The van der Waals surface area contributed by atoms with Crippen LogP contribution in [-0.2, 0) is 9.53 Å². The van der Waals surface area contributed by atoms with Crippen molar-refractivity contribution in [3.63, 3.8) is 0 Å². The van der Waals surface area contributed by atoms with Crippen LogP contribution in [0.25, 0.3) is 11.0 Å². The number of likely N-dealkylation sites (tertiary alicyclic amines) is 1. The Kier molecular flexibility index (Phi) is 3.60. The van der Waals surface area contributed by atoms with Crippen molar-refractivity contribution in [3.05, 3.63) is 30.1 Å². The van der Waals surface area contributed by atoms with E-state index < -0.39 is 0 Å². The van der Waals surface area contributed by atoms with Crippen LogP contribution < -0.4 is 0 Å². The number of fused-ring (bicyclic) bond motifs is 1. The maximum atomic E-state index is 12.5. The second-order valence-electron chi connectivity index (χ2n) is 5.24. The van der Waals surface area contributed by atoms with Gasteiger partial charge in [0, 0.05) is 38.4 Å². The Morgan fingerprint density at radius 2 is 2.10 bits per heavy atom. The van der Waals surface area contributed by atoms with Crippen molar-refractivity contribution in [1.29, 1.82) is 0 Å².